The second-order valence-corrected chi connectivity index (χ2v) is 17.0. The van der Waals surface area contributed by atoms with Gasteiger partial charge in [-0.3, -0.25) is 22.8 Å². The van der Waals surface area contributed by atoms with Crippen LogP contribution in [0.15, 0.2) is 8.73 Å². The lowest BCUT2D eigenvalue weighted by Gasteiger charge is -2.36. The molecule has 0 radical (unpaired) electrons. The van der Waals surface area contributed by atoms with Crippen molar-refractivity contribution in [3.63, 3.8) is 0 Å². The topological polar surface area (TPSA) is 234 Å². The molecule has 2 amide bonds. The molecule has 1 unspecified atom stereocenters. The number of Topliss-reactive ketones (excluding diaryl/α,β-unsaturated/α-hetero) is 1. The van der Waals surface area contributed by atoms with Crippen molar-refractivity contribution in [2.75, 3.05) is 57.1 Å². The average molecular weight is 647 g/mol. The van der Waals surface area contributed by atoms with Gasteiger partial charge in [-0.15, -0.1) is 11.8 Å². The second-order valence-electron chi connectivity index (χ2n) is 10.7. The fraction of sp³-hybridized carbons (Fsp3) is 0.870. The molecule has 2 heterocycles. The number of hydrogen-bond donors (Lipinski definition) is 6. The fourth-order valence-electron chi connectivity index (χ4n) is 4.15. The highest BCUT2D eigenvalue weighted by atomic mass is 32.2. The molecule has 0 aromatic heterocycles. The van der Waals surface area contributed by atoms with E-state index in [2.05, 4.69) is 19.4 Å². The van der Waals surface area contributed by atoms with Crippen LogP contribution in [0.1, 0.15) is 13.3 Å². The van der Waals surface area contributed by atoms with E-state index in [4.69, 9.17) is 9.47 Å². The van der Waals surface area contributed by atoms with Gasteiger partial charge in [0.1, 0.15) is 54.5 Å². The molecule has 9 atom stereocenters. The highest BCUT2D eigenvalue weighted by molar-refractivity contribution is 8.01. The number of carbonyl (C=O) groups is 3. The summed E-state index contributed by atoms with van der Waals surface area (Å²) in [6, 6.07) is -1.78. The van der Waals surface area contributed by atoms with Crippen molar-refractivity contribution in [2.45, 2.75) is 67.3 Å². The number of nitrogens with zero attached hydrogens (tertiary/aromatic N) is 2. The molecule has 0 aliphatic carbocycles. The Morgan fingerprint density at radius 1 is 0.829 bits per heavy atom. The third-order valence-electron chi connectivity index (χ3n) is 6.12. The van der Waals surface area contributed by atoms with E-state index in [-0.39, 0.29) is 44.3 Å². The van der Waals surface area contributed by atoms with Crippen LogP contribution in [0.3, 0.4) is 0 Å². The molecular weight excluding hydrogens is 604 g/mol. The van der Waals surface area contributed by atoms with E-state index in [1.165, 1.54) is 31.9 Å². The van der Waals surface area contributed by atoms with E-state index < -0.39 is 85.2 Å². The maximum atomic E-state index is 12.9. The summed E-state index contributed by atoms with van der Waals surface area (Å²) < 4.78 is 42.8. The zero-order valence-electron chi connectivity index (χ0n) is 23.7. The Morgan fingerprint density at radius 2 is 1.27 bits per heavy atom. The fourth-order valence-corrected chi connectivity index (χ4v) is 6.76. The van der Waals surface area contributed by atoms with Crippen LogP contribution in [0.5, 0.6) is 0 Å². The van der Waals surface area contributed by atoms with Crippen molar-refractivity contribution in [2.24, 2.45) is 8.73 Å². The number of ketones is 1. The minimum absolute atomic E-state index is 0.0390. The van der Waals surface area contributed by atoms with Crippen molar-refractivity contribution >= 4 is 48.8 Å². The van der Waals surface area contributed by atoms with Gasteiger partial charge in [0.05, 0.1) is 24.2 Å². The number of rotatable bonds is 12. The molecule has 238 valence electrons. The second kappa shape index (κ2) is 15.4. The third-order valence-corrected chi connectivity index (χ3v) is 9.03. The first-order valence-electron chi connectivity index (χ1n) is 12.8. The minimum atomic E-state index is -2.55. The van der Waals surface area contributed by atoms with Crippen LogP contribution in [-0.2, 0) is 43.3 Å². The predicted molar refractivity (Wildman–Crippen MR) is 153 cm³/mol. The molecule has 6 N–H and O–H groups in total. The molecule has 2 fully saturated rings. The molecule has 2 saturated heterocycles. The Morgan fingerprint density at radius 3 is 1.68 bits per heavy atom. The maximum absolute atomic E-state index is 12.9. The predicted octanol–water partition coefficient (Wildman–Crippen LogP) is -3.27. The van der Waals surface area contributed by atoms with E-state index in [0.29, 0.717) is 0 Å². The van der Waals surface area contributed by atoms with Crippen LogP contribution >= 0.6 is 11.8 Å². The normalized spacial score (nSPS) is 31.5. The van der Waals surface area contributed by atoms with Gasteiger partial charge < -0.3 is 40.5 Å². The van der Waals surface area contributed by atoms with E-state index in [1.54, 1.807) is 0 Å². The summed E-state index contributed by atoms with van der Waals surface area (Å²) in [5.41, 5.74) is 0. The van der Waals surface area contributed by atoms with E-state index >= 15 is 0 Å². The van der Waals surface area contributed by atoms with Gasteiger partial charge in [-0.2, -0.15) is 0 Å². The Bertz CT molecular complexity index is 1170. The number of thioether (sulfide) groups is 1. The van der Waals surface area contributed by atoms with Gasteiger partial charge in [-0.1, -0.05) is 0 Å². The first-order valence-corrected chi connectivity index (χ1v) is 18.5. The van der Waals surface area contributed by atoms with Gasteiger partial charge in [0.25, 0.3) is 0 Å². The highest BCUT2D eigenvalue weighted by Gasteiger charge is 2.40. The number of hydrogen-bond acceptors (Lipinski definition) is 14. The molecule has 15 nitrogen and oxygen atoms in total. The molecule has 2 rings (SSSR count). The quantitative estimate of drug-likeness (QED) is 0.123. The zero-order chi connectivity index (χ0) is 31.1. The van der Waals surface area contributed by atoms with Crippen molar-refractivity contribution in [1.82, 2.24) is 10.6 Å². The number of amides is 2. The minimum Gasteiger partial charge on any atom is -0.388 e. The first-order chi connectivity index (χ1) is 18.9. The zero-order valence-corrected chi connectivity index (χ0v) is 26.2. The third kappa shape index (κ3) is 12.0. The van der Waals surface area contributed by atoms with Gasteiger partial charge >= 0.3 is 0 Å². The number of nitrogens with one attached hydrogen (secondary N) is 2. The Hall–Kier alpha value is -1.38. The summed E-state index contributed by atoms with van der Waals surface area (Å²) in [7, 11) is -5.09. The summed E-state index contributed by atoms with van der Waals surface area (Å²) in [5.74, 6) is -1.44. The standard InChI is InChI=1S/C23H42N4O11S3/c1-12(28)11-39-17(23(34)25-8-16-22(33)20(31)14(10-38-16)27-41(4,5)36)6-18(29)24-7-15-21(32)19(30)13(9-37-15)26-40(2,3)35/h13-17,19-22,30-33H,6-11H2,1-5H3,(H,24,29)(H,25,34)/t13-,14-,15+,16+,17?,19+,20+,21-,22-/m0/s1. The summed E-state index contributed by atoms with van der Waals surface area (Å²) in [4.78, 5) is 37.1. The van der Waals surface area contributed by atoms with Gasteiger partial charge in [-0.25, -0.2) is 8.73 Å². The molecular formula is C23H42N4O11S3. The van der Waals surface area contributed by atoms with Gasteiger partial charge in [-0.05, 0) is 6.92 Å². The average Bonchev–Trinajstić information content (AvgIpc) is 2.84. The smallest absolute Gasteiger partial charge is 0.233 e. The molecule has 0 aromatic carbocycles. The van der Waals surface area contributed by atoms with Crippen molar-refractivity contribution < 1.29 is 52.7 Å². The van der Waals surface area contributed by atoms with Crippen molar-refractivity contribution in [3.05, 3.63) is 0 Å². The molecule has 0 saturated carbocycles. The number of carbonyl (C=O) groups excluding carboxylic acids is 3. The van der Waals surface area contributed by atoms with Gasteiger partial charge in [0.15, 0.2) is 0 Å². The van der Waals surface area contributed by atoms with E-state index in [0.717, 1.165) is 11.8 Å². The Kier molecular flexibility index (Phi) is 13.4. The SMILES string of the molecule is CC(=O)CSC(CC(=O)NC[C@H]1OC[C@H](N=S(C)(C)=O)[C@@H](O)[C@H]1O)C(=O)NC[C@H]1OC[C@H](N=S(C)(C)=O)[C@@H](O)[C@H]1O. The molecule has 2 aliphatic rings. The maximum Gasteiger partial charge on any atom is 0.233 e. The highest BCUT2D eigenvalue weighted by Crippen LogP contribution is 2.21. The van der Waals surface area contributed by atoms with Crippen LogP contribution in [0, 0.1) is 0 Å². The molecule has 0 spiro atoms. The first kappa shape index (κ1) is 35.8. The number of ether oxygens (including phenoxy) is 2. The number of aliphatic hydroxyl groups excluding tert-OH is 4. The summed E-state index contributed by atoms with van der Waals surface area (Å²) >= 11 is 0.946. The summed E-state index contributed by atoms with van der Waals surface area (Å²) in [6.45, 7) is 0.730. The van der Waals surface area contributed by atoms with Crippen LogP contribution in [0.4, 0.5) is 0 Å². The molecule has 41 heavy (non-hydrogen) atoms. The van der Waals surface area contributed by atoms with Crippen LogP contribution in [-0.4, -0.2) is 157 Å². The number of aliphatic hydroxyl groups is 4. The lowest BCUT2D eigenvalue weighted by Crippen LogP contribution is -2.56. The van der Waals surface area contributed by atoms with Crippen LogP contribution in [0.2, 0.25) is 0 Å². The monoisotopic (exact) mass is 646 g/mol. The Balaban J connectivity index is 1.93. The van der Waals surface area contributed by atoms with Crippen molar-refractivity contribution in [1.29, 1.82) is 0 Å². The summed E-state index contributed by atoms with van der Waals surface area (Å²) in [5, 5.41) is 45.6. The van der Waals surface area contributed by atoms with Crippen molar-refractivity contribution in [3.8, 4) is 0 Å². The lowest BCUT2D eigenvalue weighted by molar-refractivity contribution is -0.145. The van der Waals surface area contributed by atoms with Gasteiger partial charge in [0, 0.05) is 64.0 Å². The lowest BCUT2D eigenvalue weighted by atomic mass is 9.98. The molecule has 0 aromatic rings. The molecule has 0 bridgehead atoms. The largest absolute Gasteiger partial charge is 0.388 e. The molecule has 2 aliphatic heterocycles. The van der Waals surface area contributed by atoms with E-state index in [1.807, 2.05) is 0 Å². The molecule has 18 heteroatoms. The van der Waals surface area contributed by atoms with E-state index in [9.17, 15) is 43.2 Å². The van der Waals surface area contributed by atoms with Gasteiger partial charge in [0.2, 0.25) is 11.8 Å². The van der Waals surface area contributed by atoms with Crippen LogP contribution < -0.4 is 10.6 Å². The summed E-state index contributed by atoms with van der Waals surface area (Å²) in [6.07, 6.45) is -2.23. The van der Waals surface area contributed by atoms with Crippen LogP contribution in [0.25, 0.3) is 0 Å². The Labute approximate surface area is 244 Å².